The monoisotopic (exact) mass is 320 g/mol. The number of carbonyl (C=O) groups is 2. The Bertz CT molecular complexity index is 806. The van der Waals surface area contributed by atoms with Crippen LogP contribution in [-0.4, -0.2) is 11.6 Å². The van der Waals surface area contributed by atoms with Gasteiger partial charge in [-0.2, -0.15) is 0 Å². The first-order valence-corrected chi connectivity index (χ1v) is 8.41. The lowest BCUT2D eigenvalue weighted by molar-refractivity contribution is 0.0976. The van der Waals surface area contributed by atoms with Crippen molar-refractivity contribution >= 4 is 11.6 Å². The zero-order valence-electron chi connectivity index (χ0n) is 15.8. The highest BCUT2D eigenvalue weighted by molar-refractivity contribution is 6.30. The third-order valence-electron chi connectivity index (χ3n) is 6.28. The molecule has 24 heavy (non-hydrogen) atoms. The Balaban J connectivity index is 2.53. The van der Waals surface area contributed by atoms with Gasteiger partial charge in [-0.1, -0.05) is 0 Å². The van der Waals surface area contributed by atoms with Gasteiger partial charge >= 0.3 is 0 Å². The molecule has 1 aliphatic rings. The van der Waals surface area contributed by atoms with Crippen LogP contribution >= 0.6 is 0 Å². The summed E-state index contributed by atoms with van der Waals surface area (Å²) in [5, 5.41) is 0. The van der Waals surface area contributed by atoms with Gasteiger partial charge < -0.3 is 0 Å². The number of carbonyl (C=O) groups excluding carboxylic acids is 2. The van der Waals surface area contributed by atoms with Crippen LogP contribution in [0.5, 0.6) is 0 Å². The Hall–Kier alpha value is -2.22. The molecule has 0 unspecified atom stereocenters. The van der Waals surface area contributed by atoms with Gasteiger partial charge in [-0.05, 0) is 99.9 Å². The van der Waals surface area contributed by atoms with Crippen molar-refractivity contribution in [1.82, 2.24) is 0 Å². The van der Waals surface area contributed by atoms with Gasteiger partial charge in [0.15, 0.2) is 11.6 Å². The Kier molecular flexibility index (Phi) is 3.56. The zero-order valence-corrected chi connectivity index (χ0v) is 15.8. The number of ketones is 2. The van der Waals surface area contributed by atoms with Crippen molar-refractivity contribution in [3.05, 3.63) is 66.8 Å². The van der Waals surface area contributed by atoms with Crippen molar-refractivity contribution in [1.29, 1.82) is 0 Å². The maximum absolute atomic E-state index is 13.4. The topological polar surface area (TPSA) is 34.1 Å². The van der Waals surface area contributed by atoms with Crippen LogP contribution < -0.4 is 0 Å². The summed E-state index contributed by atoms with van der Waals surface area (Å²) in [6, 6.07) is 0. The van der Waals surface area contributed by atoms with Crippen LogP contribution in [0.1, 0.15) is 76.4 Å². The molecular formula is C22H24O2. The van der Waals surface area contributed by atoms with E-state index in [-0.39, 0.29) is 11.6 Å². The first-order chi connectivity index (χ1) is 11.1. The first kappa shape index (κ1) is 16.6. The van der Waals surface area contributed by atoms with Gasteiger partial charge in [0.1, 0.15) is 0 Å². The molecule has 0 radical (unpaired) electrons. The fourth-order valence-corrected chi connectivity index (χ4v) is 4.01. The van der Waals surface area contributed by atoms with Crippen molar-refractivity contribution < 1.29 is 9.59 Å². The largest absolute Gasteiger partial charge is 0.289 e. The SMILES string of the molecule is Cc1c(C)c(C)c2c(c1C)C(=O)c1c(C)c(C)c(C)c(C)c1C2=O. The fourth-order valence-electron chi connectivity index (χ4n) is 4.01. The van der Waals surface area contributed by atoms with E-state index in [1.54, 1.807) is 0 Å². The normalized spacial score (nSPS) is 13.2. The average Bonchev–Trinajstić information content (AvgIpc) is 2.55. The number of fused-ring (bicyclic) bond motifs is 2. The van der Waals surface area contributed by atoms with E-state index < -0.39 is 0 Å². The molecule has 0 N–H and O–H groups in total. The molecule has 0 aliphatic heterocycles. The van der Waals surface area contributed by atoms with Crippen molar-refractivity contribution in [2.45, 2.75) is 55.4 Å². The summed E-state index contributed by atoms with van der Waals surface area (Å²) in [6.45, 7) is 16.0. The minimum absolute atomic E-state index is 0.00648. The molecule has 2 heteroatoms. The summed E-state index contributed by atoms with van der Waals surface area (Å²) >= 11 is 0. The lowest BCUT2D eigenvalue weighted by Gasteiger charge is -2.28. The predicted molar refractivity (Wildman–Crippen MR) is 97.6 cm³/mol. The van der Waals surface area contributed by atoms with Crippen molar-refractivity contribution in [3.8, 4) is 0 Å². The van der Waals surface area contributed by atoms with E-state index in [0.29, 0.717) is 22.3 Å². The fraction of sp³-hybridized carbons (Fsp3) is 0.364. The van der Waals surface area contributed by atoms with E-state index in [1.807, 2.05) is 55.4 Å². The van der Waals surface area contributed by atoms with Crippen LogP contribution in [-0.2, 0) is 0 Å². The van der Waals surface area contributed by atoms with Gasteiger partial charge in [-0.3, -0.25) is 9.59 Å². The number of benzene rings is 2. The summed E-state index contributed by atoms with van der Waals surface area (Å²) in [4.78, 5) is 26.7. The summed E-state index contributed by atoms with van der Waals surface area (Å²) in [5.74, 6) is 0.0130. The van der Waals surface area contributed by atoms with Crippen LogP contribution in [0.4, 0.5) is 0 Å². The first-order valence-electron chi connectivity index (χ1n) is 8.41. The molecular weight excluding hydrogens is 296 g/mol. The zero-order chi connectivity index (χ0) is 18.1. The molecule has 0 bridgehead atoms. The lowest BCUT2D eigenvalue weighted by atomic mass is 9.73. The molecule has 0 atom stereocenters. The van der Waals surface area contributed by atoms with Gasteiger partial charge in [0.2, 0.25) is 0 Å². The second kappa shape index (κ2) is 5.14. The van der Waals surface area contributed by atoms with Crippen LogP contribution in [0, 0.1) is 55.4 Å². The van der Waals surface area contributed by atoms with E-state index in [0.717, 1.165) is 44.5 Å². The van der Waals surface area contributed by atoms with Crippen LogP contribution in [0.3, 0.4) is 0 Å². The van der Waals surface area contributed by atoms with Gasteiger partial charge in [-0.25, -0.2) is 0 Å². The molecule has 0 amide bonds. The quantitative estimate of drug-likeness (QED) is 0.588. The minimum Gasteiger partial charge on any atom is -0.289 e. The molecule has 1 aliphatic carbocycles. The van der Waals surface area contributed by atoms with E-state index in [9.17, 15) is 9.59 Å². The summed E-state index contributed by atoms with van der Waals surface area (Å²) in [5.41, 5.74) is 10.6. The highest BCUT2D eigenvalue weighted by atomic mass is 16.1. The summed E-state index contributed by atoms with van der Waals surface area (Å²) < 4.78 is 0. The second-order valence-corrected chi connectivity index (χ2v) is 7.16. The van der Waals surface area contributed by atoms with Crippen LogP contribution in [0.2, 0.25) is 0 Å². The molecule has 0 saturated carbocycles. The lowest BCUT2D eigenvalue weighted by Crippen LogP contribution is -2.27. The van der Waals surface area contributed by atoms with Crippen molar-refractivity contribution in [2.75, 3.05) is 0 Å². The molecule has 0 spiro atoms. The smallest absolute Gasteiger partial charge is 0.195 e. The van der Waals surface area contributed by atoms with Crippen LogP contribution in [0.15, 0.2) is 0 Å². The van der Waals surface area contributed by atoms with Gasteiger partial charge in [0.25, 0.3) is 0 Å². The molecule has 2 aromatic carbocycles. The van der Waals surface area contributed by atoms with Crippen molar-refractivity contribution in [3.63, 3.8) is 0 Å². The molecule has 124 valence electrons. The standard InChI is InChI=1S/C22H24O2/c1-9-10(2)14(6)18-17(13(9)5)21(23)19-15(7)11(3)12(4)16(8)20(19)22(18)24/h1-8H3. The van der Waals surface area contributed by atoms with Gasteiger partial charge in [-0.15, -0.1) is 0 Å². The highest BCUT2D eigenvalue weighted by Crippen LogP contribution is 2.39. The summed E-state index contributed by atoms with van der Waals surface area (Å²) in [7, 11) is 0. The molecule has 0 fully saturated rings. The van der Waals surface area contributed by atoms with Gasteiger partial charge in [0, 0.05) is 22.3 Å². The van der Waals surface area contributed by atoms with Gasteiger partial charge in [0.05, 0.1) is 0 Å². The van der Waals surface area contributed by atoms with E-state index in [2.05, 4.69) is 0 Å². The third-order valence-corrected chi connectivity index (χ3v) is 6.28. The highest BCUT2D eigenvalue weighted by Gasteiger charge is 2.36. The third kappa shape index (κ3) is 1.83. The number of rotatable bonds is 0. The maximum atomic E-state index is 13.4. The Labute approximate surface area is 143 Å². The summed E-state index contributed by atoms with van der Waals surface area (Å²) in [6.07, 6.45) is 0. The predicted octanol–water partition coefficient (Wildman–Crippen LogP) is 4.93. The van der Waals surface area contributed by atoms with E-state index in [1.165, 1.54) is 0 Å². The maximum Gasteiger partial charge on any atom is 0.195 e. The Morgan fingerprint density at radius 1 is 0.333 bits per heavy atom. The molecule has 2 aromatic rings. The minimum atomic E-state index is 0.00648. The Morgan fingerprint density at radius 2 is 0.500 bits per heavy atom. The molecule has 2 nitrogen and oxygen atoms in total. The average molecular weight is 320 g/mol. The molecule has 0 aromatic heterocycles. The number of hydrogen-bond acceptors (Lipinski definition) is 2. The van der Waals surface area contributed by atoms with Crippen LogP contribution in [0.25, 0.3) is 0 Å². The van der Waals surface area contributed by atoms with Crippen molar-refractivity contribution in [2.24, 2.45) is 0 Å². The molecule has 0 saturated heterocycles. The van der Waals surface area contributed by atoms with E-state index >= 15 is 0 Å². The molecule has 3 rings (SSSR count). The second-order valence-electron chi connectivity index (χ2n) is 7.16. The number of hydrogen-bond donors (Lipinski definition) is 0. The molecule has 0 heterocycles. The Morgan fingerprint density at radius 3 is 0.667 bits per heavy atom. The van der Waals surface area contributed by atoms with E-state index in [4.69, 9.17) is 0 Å².